The van der Waals surface area contributed by atoms with E-state index < -0.39 is 0 Å². The molecule has 92 valence electrons. The van der Waals surface area contributed by atoms with Crippen molar-refractivity contribution in [3.8, 4) is 5.75 Å². The molecule has 0 saturated carbocycles. The van der Waals surface area contributed by atoms with Crippen molar-refractivity contribution in [3.05, 3.63) is 26.9 Å². The minimum absolute atomic E-state index is 0.157. The molecule has 4 heteroatoms. The molecule has 0 saturated heterocycles. The van der Waals surface area contributed by atoms with E-state index >= 15 is 0 Å². The van der Waals surface area contributed by atoms with Gasteiger partial charge in [0.2, 0.25) is 0 Å². The van der Waals surface area contributed by atoms with Crippen LogP contribution in [0.3, 0.4) is 0 Å². The zero-order valence-corrected chi connectivity index (χ0v) is 11.2. The molecule has 2 aromatic rings. The van der Waals surface area contributed by atoms with Crippen molar-refractivity contribution in [2.75, 3.05) is 0 Å². The van der Waals surface area contributed by atoms with Gasteiger partial charge in [-0.05, 0) is 17.9 Å². The lowest BCUT2D eigenvalue weighted by molar-refractivity contribution is 0.455. The average Bonchev–Trinajstić information content (AvgIpc) is 2.55. The normalized spacial score (nSPS) is 11.9. The third kappa shape index (κ3) is 1.97. The summed E-state index contributed by atoms with van der Waals surface area (Å²) in [7, 11) is 0. The molecule has 0 bridgehead atoms. The highest BCUT2D eigenvalue weighted by Gasteiger charge is 2.20. The van der Waals surface area contributed by atoms with Gasteiger partial charge >= 0.3 is 4.94 Å². The number of fused-ring (bicyclic) bond motifs is 1. The van der Waals surface area contributed by atoms with Crippen molar-refractivity contribution in [2.24, 2.45) is 0 Å². The Kier molecular flexibility index (Phi) is 3.00. The van der Waals surface area contributed by atoms with E-state index in [1.807, 2.05) is 27.7 Å². The number of phenolic OH excluding ortho intramolecular Hbond substituents is 1. The van der Waals surface area contributed by atoms with Gasteiger partial charge in [-0.1, -0.05) is 39.0 Å². The molecule has 0 unspecified atom stereocenters. The third-order valence-electron chi connectivity index (χ3n) is 2.86. The number of phenols is 1. The summed E-state index contributed by atoms with van der Waals surface area (Å²) in [5.74, 6) is 0.658. The van der Waals surface area contributed by atoms with Crippen LogP contribution in [0.25, 0.3) is 10.3 Å². The number of aromatic hydroxyl groups is 1. The first kappa shape index (κ1) is 12.2. The molecule has 0 spiro atoms. The van der Waals surface area contributed by atoms with E-state index in [1.165, 1.54) is 0 Å². The molecular formula is C13H16O3S. The fourth-order valence-electron chi connectivity index (χ4n) is 2.02. The van der Waals surface area contributed by atoms with Crippen molar-refractivity contribution in [1.29, 1.82) is 0 Å². The van der Waals surface area contributed by atoms with Gasteiger partial charge in [-0.15, -0.1) is 0 Å². The largest absolute Gasteiger partial charge is 0.507 e. The van der Waals surface area contributed by atoms with Crippen LogP contribution in [0.5, 0.6) is 5.75 Å². The number of hydrogen-bond donors (Lipinski definition) is 1. The van der Waals surface area contributed by atoms with Gasteiger partial charge in [0.15, 0.2) is 0 Å². The molecule has 1 heterocycles. The second-order valence-corrected chi connectivity index (χ2v) is 5.76. The molecule has 1 aromatic carbocycles. The van der Waals surface area contributed by atoms with Gasteiger partial charge in [0.05, 0.1) is 4.70 Å². The maximum Gasteiger partial charge on any atom is 0.396 e. The van der Waals surface area contributed by atoms with Crippen LogP contribution < -0.4 is 4.94 Å². The van der Waals surface area contributed by atoms with Crippen LogP contribution in [0.4, 0.5) is 0 Å². The first-order valence-electron chi connectivity index (χ1n) is 5.71. The molecule has 2 rings (SSSR count). The van der Waals surface area contributed by atoms with Gasteiger partial charge in [-0.25, -0.2) is 4.79 Å². The van der Waals surface area contributed by atoms with Gasteiger partial charge in [0.25, 0.3) is 0 Å². The highest BCUT2D eigenvalue weighted by molar-refractivity contribution is 7.16. The van der Waals surface area contributed by atoms with E-state index in [4.69, 9.17) is 4.42 Å². The molecule has 0 atom stereocenters. The molecule has 1 N–H and O–H groups in total. The topological polar surface area (TPSA) is 50.4 Å². The zero-order chi connectivity index (χ0) is 12.7. The van der Waals surface area contributed by atoms with Crippen molar-refractivity contribution in [2.45, 2.75) is 39.5 Å². The summed E-state index contributed by atoms with van der Waals surface area (Å²) in [6.45, 7) is 8.02. The van der Waals surface area contributed by atoms with E-state index in [9.17, 15) is 9.90 Å². The summed E-state index contributed by atoms with van der Waals surface area (Å²) in [6, 6.07) is 1.78. The van der Waals surface area contributed by atoms with Crippen molar-refractivity contribution in [1.82, 2.24) is 0 Å². The summed E-state index contributed by atoms with van der Waals surface area (Å²) in [4.78, 5) is 11.0. The molecule has 1 aromatic heterocycles. The maximum absolute atomic E-state index is 11.3. The highest BCUT2D eigenvalue weighted by Crippen LogP contribution is 2.40. The Balaban J connectivity index is 2.89. The Morgan fingerprint density at radius 1 is 1.24 bits per heavy atom. The smallest absolute Gasteiger partial charge is 0.396 e. The highest BCUT2D eigenvalue weighted by atomic mass is 32.1. The van der Waals surface area contributed by atoms with Crippen LogP contribution in [0, 0.1) is 0 Å². The predicted octanol–water partition coefficient (Wildman–Crippen LogP) is 3.81. The van der Waals surface area contributed by atoms with Gasteiger partial charge in [-0.2, -0.15) is 0 Å². The van der Waals surface area contributed by atoms with Crippen molar-refractivity contribution >= 4 is 21.6 Å². The second-order valence-electron chi connectivity index (χ2n) is 4.82. The first-order valence-corrected chi connectivity index (χ1v) is 6.52. The summed E-state index contributed by atoms with van der Waals surface area (Å²) in [5.41, 5.74) is 2.25. The fourth-order valence-corrected chi connectivity index (χ4v) is 2.96. The zero-order valence-electron chi connectivity index (χ0n) is 10.4. The van der Waals surface area contributed by atoms with E-state index in [0.29, 0.717) is 11.3 Å². The molecule has 0 aliphatic carbocycles. The summed E-state index contributed by atoms with van der Waals surface area (Å²) < 4.78 is 5.93. The molecule has 0 aliphatic rings. The Labute approximate surface area is 104 Å². The Morgan fingerprint density at radius 2 is 1.88 bits per heavy atom. The standard InChI is InChI=1S/C13H16O3S/c1-6(2)8-5-9-12(17-13(15)16-9)10(7(3)4)11(8)14/h5-7,14H,1-4H3. The van der Waals surface area contributed by atoms with Crippen LogP contribution in [0.15, 0.2) is 15.3 Å². The van der Waals surface area contributed by atoms with Gasteiger partial charge < -0.3 is 9.52 Å². The summed E-state index contributed by atoms with van der Waals surface area (Å²) in [6.07, 6.45) is 0. The molecule has 0 aliphatic heterocycles. The van der Waals surface area contributed by atoms with E-state index in [0.717, 1.165) is 27.2 Å². The van der Waals surface area contributed by atoms with E-state index in [2.05, 4.69) is 0 Å². The van der Waals surface area contributed by atoms with Crippen LogP contribution in [0.2, 0.25) is 0 Å². The van der Waals surface area contributed by atoms with Crippen LogP contribution in [-0.4, -0.2) is 5.11 Å². The average molecular weight is 252 g/mol. The van der Waals surface area contributed by atoms with Crippen LogP contribution >= 0.6 is 11.3 Å². The lowest BCUT2D eigenvalue weighted by atomic mass is 9.94. The molecule has 0 fully saturated rings. The first-order chi connectivity index (χ1) is 7.91. The Morgan fingerprint density at radius 3 is 2.41 bits per heavy atom. The predicted molar refractivity (Wildman–Crippen MR) is 70.2 cm³/mol. The number of hydrogen-bond acceptors (Lipinski definition) is 4. The molecule has 0 radical (unpaired) electrons. The van der Waals surface area contributed by atoms with Crippen molar-refractivity contribution in [3.63, 3.8) is 0 Å². The molecular weight excluding hydrogens is 236 g/mol. The SMILES string of the molecule is CC(C)c1cc2oc(=O)sc2c(C(C)C)c1O. The minimum atomic E-state index is -0.317. The van der Waals surface area contributed by atoms with Gasteiger partial charge in [-0.3, -0.25) is 0 Å². The van der Waals surface area contributed by atoms with Crippen LogP contribution in [-0.2, 0) is 0 Å². The maximum atomic E-state index is 11.3. The van der Waals surface area contributed by atoms with Crippen molar-refractivity contribution < 1.29 is 9.52 Å². The minimum Gasteiger partial charge on any atom is -0.507 e. The monoisotopic (exact) mass is 252 g/mol. The van der Waals surface area contributed by atoms with Gasteiger partial charge in [0, 0.05) is 11.1 Å². The Hall–Kier alpha value is -1.29. The Bertz CT molecular complexity index is 605. The number of rotatable bonds is 2. The molecule has 0 amide bonds. The van der Waals surface area contributed by atoms with Gasteiger partial charge in [0.1, 0.15) is 11.3 Å². The molecule has 3 nitrogen and oxygen atoms in total. The molecule has 17 heavy (non-hydrogen) atoms. The number of benzene rings is 1. The lowest BCUT2D eigenvalue weighted by Crippen LogP contribution is -1.95. The lowest BCUT2D eigenvalue weighted by Gasteiger charge is -2.15. The van der Waals surface area contributed by atoms with E-state index in [-0.39, 0.29) is 16.8 Å². The summed E-state index contributed by atoms with van der Waals surface area (Å²) in [5, 5.41) is 10.3. The second kappa shape index (κ2) is 4.18. The van der Waals surface area contributed by atoms with E-state index in [1.54, 1.807) is 6.07 Å². The fraction of sp³-hybridized carbons (Fsp3) is 0.462. The summed E-state index contributed by atoms with van der Waals surface area (Å²) >= 11 is 1.06. The van der Waals surface area contributed by atoms with Crippen LogP contribution in [0.1, 0.15) is 50.7 Å². The quantitative estimate of drug-likeness (QED) is 0.884. The third-order valence-corrected chi connectivity index (χ3v) is 3.74.